The Morgan fingerprint density at radius 2 is 1.94 bits per heavy atom. The third kappa shape index (κ3) is 2.28. The largest absolute Gasteiger partial charge is 0.306 e. The third-order valence-electron chi connectivity index (χ3n) is 3.60. The molecule has 0 unspecified atom stereocenters. The van der Waals surface area contributed by atoms with E-state index in [4.69, 9.17) is 0 Å². The fourth-order valence-corrected chi connectivity index (χ4v) is 2.54. The van der Waals surface area contributed by atoms with E-state index >= 15 is 0 Å². The Kier molecular flexibility index (Phi) is 3.47. The summed E-state index contributed by atoms with van der Waals surface area (Å²) in [5.41, 5.74) is 0.336. The minimum atomic E-state index is -0.430. The molecule has 6 nitrogen and oxygen atoms in total. The lowest BCUT2D eigenvalue weighted by molar-refractivity contribution is -0.386. The number of pyridine rings is 1. The first-order valence-electron chi connectivity index (χ1n) is 6.06. The van der Waals surface area contributed by atoms with Crippen LogP contribution in [-0.2, 0) is 0 Å². The fourth-order valence-electron chi connectivity index (χ4n) is 2.54. The van der Waals surface area contributed by atoms with Gasteiger partial charge in [-0.05, 0) is 39.9 Å². The van der Waals surface area contributed by atoms with E-state index in [0.29, 0.717) is 5.69 Å². The van der Waals surface area contributed by atoms with E-state index in [1.54, 1.807) is 11.5 Å². The molecule has 2 heterocycles. The average molecular weight is 251 g/mol. The minimum Gasteiger partial charge on any atom is -0.306 e. The molecule has 0 aromatic carbocycles. The van der Waals surface area contributed by atoms with Gasteiger partial charge in [-0.1, -0.05) is 0 Å². The maximum atomic E-state index is 11.9. The third-order valence-corrected chi connectivity index (χ3v) is 3.60. The summed E-state index contributed by atoms with van der Waals surface area (Å²) in [6, 6.07) is 2.67. The first-order valence-corrected chi connectivity index (χ1v) is 6.06. The van der Waals surface area contributed by atoms with Crippen molar-refractivity contribution in [2.75, 3.05) is 20.1 Å². The summed E-state index contributed by atoms with van der Waals surface area (Å²) in [6.07, 6.45) is 1.72. The van der Waals surface area contributed by atoms with Gasteiger partial charge in [0.15, 0.2) is 0 Å². The van der Waals surface area contributed by atoms with Crippen LogP contribution in [-0.4, -0.2) is 34.5 Å². The van der Waals surface area contributed by atoms with E-state index < -0.39 is 4.92 Å². The number of likely N-dealkylation sites (tertiary alicyclic amines) is 1. The molecule has 0 atom stereocenters. The zero-order valence-electron chi connectivity index (χ0n) is 10.6. The first kappa shape index (κ1) is 12.8. The summed E-state index contributed by atoms with van der Waals surface area (Å²) >= 11 is 0. The van der Waals surface area contributed by atoms with Crippen LogP contribution in [0.2, 0.25) is 0 Å². The molecule has 1 aliphatic rings. The predicted molar refractivity (Wildman–Crippen MR) is 67.9 cm³/mol. The molecule has 1 fully saturated rings. The van der Waals surface area contributed by atoms with E-state index in [1.807, 2.05) is 7.05 Å². The second-order valence-corrected chi connectivity index (χ2v) is 4.80. The number of hydrogen-bond acceptors (Lipinski definition) is 4. The topological polar surface area (TPSA) is 68.4 Å². The zero-order chi connectivity index (χ0) is 13.3. The number of nitrogens with zero attached hydrogens (tertiary/aromatic N) is 3. The predicted octanol–water partition coefficient (Wildman–Crippen LogP) is 1.33. The maximum absolute atomic E-state index is 11.9. The summed E-state index contributed by atoms with van der Waals surface area (Å²) in [7, 11) is 2.04. The van der Waals surface area contributed by atoms with Crippen molar-refractivity contribution in [1.82, 2.24) is 9.47 Å². The molecule has 0 bridgehead atoms. The highest BCUT2D eigenvalue weighted by molar-refractivity contribution is 5.34. The van der Waals surface area contributed by atoms with Gasteiger partial charge in [-0.25, -0.2) is 0 Å². The van der Waals surface area contributed by atoms with Crippen LogP contribution in [0.3, 0.4) is 0 Å². The summed E-state index contributed by atoms with van der Waals surface area (Å²) in [4.78, 5) is 24.6. The number of nitro groups is 1. The molecule has 1 aromatic heterocycles. The van der Waals surface area contributed by atoms with Gasteiger partial charge < -0.3 is 9.47 Å². The van der Waals surface area contributed by atoms with Gasteiger partial charge >= 0.3 is 0 Å². The van der Waals surface area contributed by atoms with Crippen molar-refractivity contribution < 1.29 is 4.92 Å². The smallest absolute Gasteiger partial charge is 0.288 e. The highest BCUT2D eigenvalue weighted by Crippen LogP contribution is 2.24. The lowest BCUT2D eigenvalue weighted by atomic mass is 10.0. The Morgan fingerprint density at radius 1 is 1.33 bits per heavy atom. The minimum absolute atomic E-state index is 0.0218. The van der Waals surface area contributed by atoms with Gasteiger partial charge in [-0.3, -0.25) is 14.9 Å². The molecular weight excluding hydrogens is 234 g/mol. The lowest BCUT2D eigenvalue weighted by Gasteiger charge is -2.31. The molecule has 0 radical (unpaired) electrons. The highest BCUT2D eigenvalue weighted by atomic mass is 16.6. The van der Waals surface area contributed by atoms with E-state index in [-0.39, 0.29) is 17.3 Å². The Labute approximate surface area is 105 Å². The molecule has 0 aliphatic carbocycles. The Bertz CT molecular complexity index is 516. The second-order valence-electron chi connectivity index (χ2n) is 4.80. The molecule has 18 heavy (non-hydrogen) atoms. The highest BCUT2D eigenvalue weighted by Gasteiger charge is 2.23. The standard InChI is InChI=1S/C12H17N3O3/c1-9-11(15(17)18)3-4-12(16)14(9)10-5-7-13(2)8-6-10/h3-4,10H,5-8H2,1-2H3. The average Bonchev–Trinajstić information content (AvgIpc) is 2.31. The molecule has 1 aromatic rings. The lowest BCUT2D eigenvalue weighted by Crippen LogP contribution is -2.36. The molecule has 6 heteroatoms. The SMILES string of the molecule is Cc1c([N+](=O)[O-])ccc(=O)n1C1CCN(C)CC1. The van der Waals surface area contributed by atoms with Gasteiger partial charge in [0.1, 0.15) is 0 Å². The van der Waals surface area contributed by atoms with E-state index in [9.17, 15) is 14.9 Å². The van der Waals surface area contributed by atoms with Crippen LogP contribution < -0.4 is 5.56 Å². The quantitative estimate of drug-likeness (QED) is 0.587. The molecule has 0 spiro atoms. The molecule has 1 saturated heterocycles. The Hall–Kier alpha value is -1.69. The molecular formula is C12H17N3O3. The summed E-state index contributed by atoms with van der Waals surface area (Å²) in [6.45, 7) is 3.48. The van der Waals surface area contributed by atoms with Crippen molar-refractivity contribution in [3.8, 4) is 0 Å². The second kappa shape index (κ2) is 4.89. The van der Waals surface area contributed by atoms with Crippen LogP contribution in [0.5, 0.6) is 0 Å². The van der Waals surface area contributed by atoms with Crippen molar-refractivity contribution >= 4 is 5.69 Å². The first-order chi connectivity index (χ1) is 8.50. The molecule has 0 saturated carbocycles. The molecule has 1 aliphatic heterocycles. The molecule has 2 rings (SSSR count). The van der Waals surface area contributed by atoms with Gasteiger partial charge in [0, 0.05) is 18.2 Å². The summed E-state index contributed by atoms with van der Waals surface area (Å²) in [5.74, 6) is 0. The van der Waals surface area contributed by atoms with Crippen molar-refractivity contribution in [2.24, 2.45) is 0 Å². The normalized spacial score (nSPS) is 17.9. The van der Waals surface area contributed by atoms with E-state index in [2.05, 4.69) is 4.90 Å². The van der Waals surface area contributed by atoms with Gasteiger partial charge in [0.25, 0.3) is 11.2 Å². The van der Waals surface area contributed by atoms with Crippen LogP contribution in [0.1, 0.15) is 24.6 Å². The summed E-state index contributed by atoms with van der Waals surface area (Å²) in [5, 5.41) is 10.9. The summed E-state index contributed by atoms with van der Waals surface area (Å²) < 4.78 is 1.59. The maximum Gasteiger partial charge on any atom is 0.288 e. The number of rotatable bonds is 2. The number of aromatic nitrogens is 1. The Balaban J connectivity index is 2.40. The monoisotopic (exact) mass is 251 g/mol. The van der Waals surface area contributed by atoms with E-state index in [0.717, 1.165) is 25.9 Å². The van der Waals surface area contributed by atoms with Crippen LogP contribution in [0.4, 0.5) is 5.69 Å². The van der Waals surface area contributed by atoms with Gasteiger partial charge in [-0.15, -0.1) is 0 Å². The van der Waals surface area contributed by atoms with Crippen molar-refractivity contribution in [3.63, 3.8) is 0 Å². The van der Waals surface area contributed by atoms with Crippen molar-refractivity contribution in [2.45, 2.75) is 25.8 Å². The Morgan fingerprint density at radius 3 is 2.50 bits per heavy atom. The van der Waals surface area contributed by atoms with Gasteiger partial charge in [-0.2, -0.15) is 0 Å². The molecule has 0 N–H and O–H groups in total. The van der Waals surface area contributed by atoms with Crippen molar-refractivity contribution in [3.05, 3.63) is 38.3 Å². The van der Waals surface area contributed by atoms with Crippen LogP contribution in [0, 0.1) is 17.0 Å². The number of hydrogen-bond donors (Lipinski definition) is 0. The van der Waals surface area contributed by atoms with Crippen LogP contribution in [0.15, 0.2) is 16.9 Å². The number of piperidine rings is 1. The molecule has 98 valence electrons. The zero-order valence-corrected chi connectivity index (χ0v) is 10.6. The van der Waals surface area contributed by atoms with Crippen LogP contribution >= 0.6 is 0 Å². The van der Waals surface area contributed by atoms with Crippen LogP contribution in [0.25, 0.3) is 0 Å². The van der Waals surface area contributed by atoms with Gasteiger partial charge in [0.2, 0.25) is 0 Å². The van der Waals surface area contributed by atoms with E-state index in [1.165, 1.54) is 12.1 Å². The van der Waals surface area contributed by atoms with Gasteiger partial charge in [0.05, 0.1) is 10.6 Å². The molecule has 0 amide bonds. The van der Waals surface area contributed by atoms with Crippen molar-refractivity contribution in [1.29, 1.82) is 0 Å². The fraction of sp³-hybridized carbons (Fsp3) is 0.583.